The van der Waals surface area contributed by atoms with Gasteiger partial charge >= 0.3 is 0 Å². The summed E-state index contributed by atoms with van der Waals surface area (Å²) in [7, 11) is 6.22. The number of likely N-dealkylation sites (N-methyl/N-ethyl adjacent to an activating group) is 1. The zero-order chi connectivity index (χ0) is 11.8. The van der Waals surface area contributed by atoms with Crippen LogP contribution in [0.25, 0.3) is 0 Å². The molecule has 0 spiro atoms. The number of carbonyl (C=O) groups is 1. The maximum Gasteiger partial charge on any atom is 0.189 e. The fourth-order valence-corrected chi connectivity index (χ4v) is 2.03. The number of hydrogen-bond acceptors (Lipinski definition) is 3. The molecule has 0 aromatic heterocycles. The third-order valence-corrected chi connectivity index (χ3v) is 2.87. The summed E-state index contributed by atoms with van der Waals surface area (Å²) < 4.78 is 0.685. The fourth-order valence-electron chi connectivity index (χ4n) is 2.03. The number of rotatable bonds is 2. The monoisotopic (exact) mass is 220 g/mol. The summed E-state index contributed by atoms with van der Waals surface area (Å²) in [5, 5.41) is 6.67. The molecule has 0 radical (unpaired) electrons. The Labute approximate surface area is 95.8 Å². The molecule has 1 aromatic carbocycles. The standard InChI is InChI=1S/C12H18N3O/c1-15(2,3)12-11(8-16)13-9-6-4-5-7-10(9)14-12/h4-8,11-14H,1-3H3/q+1. The predicted octanol–water partition coefficient (Wildman–Crippen LogP) is 1.12. The van der Waals surface area contributed by atoms with E-state index < -0.39 is 0 Å². The molecule has 0 amide bonds. The summed E-state index contributed by atoms with van der Waals surface area (Å²) in [5.74, 6) is 0. The Kier molecular flexibility index (Phi) is 2.59. The maximum absolute atomic E-state index is 11.1. The highest BCUT2D eigenvalue weighted by Gasteiger charge is 2.36. The lowest BCUT2D eigenvalue weighted by Crippen LogP contribution is -2.60. The van der Waals surface area contributed by atoms with Gasteiger partial charge in [0.1, 0.15) is 0 Å². The Morgan fingerprint density at radius 1 is 1.12 bits per heavy atom. The van der Waals surface area contributed by atoms with Gasteiger partial charge in [-0.2, -0.15) is 0 Å². The van der Waals surface area contributed by atoms with Crippen LogP contribution in [0.2, 0.25) is 0 Å². The van der Waals surface area contributed by atoms with Crippen LogP contribution < -0.4 is 10.6 Å². The van der Waals surface area contributed by atoms with Crippen molar-refractivity contribution in [2.75, 3.05) is 31.8 Å². The third-order valence-electron chi connectivity index (χ3n) is 2.87. The van der Waals surface area contributed by atoms with Gasteiger partial charge in [0.15, 0.2) is 18.5 Å². The molecule has 0 fully saturated rings. The summed E-state index contributed by atoms with van der Waals surface area (Å²) in [6.07, 6.45) is 1.02. The van der Waals surface area contributed by atoms with Crippen molar-refractivity contribution < 1.29 is 9.28 Å². The Balaban J connectivity index is 2.34. The van der Waals surface area contributed by atoms with Crippen molar-refractivity contribution in [3.05, 3.63) is 24.3 Å². The topological polar surface area (TPSA) is 41.1 Å². The quantitative estimate of drug-likeness (QED) is 0.580. The molecule has 1 aliphatic heterocycles. The Bertz CT molecular complexity index is 397. The van der Waals surface area contributed by atoms with Crippen LogP contribution in [0.4, 0.5) is 11.4 Å². The molecule has 0 aliphatic carbocycles. The van der Waals surface area contributed by atoms with Gasteiger partial charge in [-0.15, -0.1) is 0 Å². The first-order valence-corrected chi connectivity index (χ1v) is 5.41. The van der Waals surface area contributed by atoms with Crippen LogP contribution in [0.15, 0.2) is 24.3 Å². The van der Waals surface area contributed by atoms with Crippen molar-refractivity contribution >= 4 is 17.7 Å². The minimum absolute atomic E-state index is 0.0485. The van der Waals surface area contributed by atoms with E-state index in [0.29, 0.717) is 4.48 Å². The SMILES string of the molecule is C[N+](C)(C)C1Nc2ccccc2NC1C=O. The average Bonchev–Trinajstić information content (AvgIpc) is 2.26. The van der Waals surface area contributed by atoms with E-state index in [9.17, 15) is 4.79 Å². The van der Waals surface area contributed by atoms with Crippen molar-refractivity contribution in [3.63, 3.8) is 0 Å². The first-order chi connectivity index (χ1) is 7.52. The zero-order valence-corrected chi connectivity index (χ0v) is 9.90. The van der Waals surface area contributed by atoms with Crippen molar-refractivity contribution in [2.45, 2.75) is 12.2 Å². The molecular formula is C12H18N3O+. The summed E-state index contributed by atoms with van der Waals surface area (Å²) in [5.41, 5.74) is 2.04. The number of carbonyl (C=O) groups excluding carboxylic acids is 1. The minimum Gasteiger partial charge on any atom is -0.367 e. The molecule has 4 heteroatoms. The molecule has 86 valence electrons. The number of aldehydes is 1. The molecule has 16 heavy (non-hydrogen) atoms. The molecule has 2 unspecified atom stereocenters. The number of nitrogens with one attached hydrogen (secondary N) is 2. The van der Waals surface area contributed by atoms with Gasteiger partial charge in [0.25, 0.3) is 0 Å². The van der Waals surface area contributed by atoms with Crippen molar-refractivity contribution in [1.82, 2.24) is 0 Å². The summed E-state index contributed by atoms with van der Waals surface area (Å²) >= 11 is 0. The van der Waals surface area contributed by atoms with Crippen LogP contribution in [0, 0.1) is 0 Å². The van der Waals surface area contributed by atoms with Crippen LogP contribution in [-0.2, 0) is 4.79 Å². The van der Waals surface area contributed by atoms with Gasteiger partial charge in [-0.3, -0.25) is 0 Å². The van der Waals surface area contributed by atoms with E-state index in [-0.39, 0.29) is 12.2 Å². The number of para-hydroxylation sites is 2. The van der Waals surface area contributed by atoms with E-state index in [0.717, 1.165) is 17.7 Å². The van der Waals surface area contributed by atoms with E-state index in [1.165, 1.54) is 0 Å². The Morgan fingerprint density at radius 3 is 2.19 bits per heavy atom. The third kappa shape index (κ3) is 1.88. The first kappa shape index (κ1) is 11.0. The van der Waals surface area contributed by atoms with E-state index in [1.807, 2.05) is 24.3 Å². The van der Waals surface area contributed by atoms with Gasteiger partial charge in [0.05, 0.1) is 32.5 Å². The summed E-state index contributed by atoms with van der Waals surface area (Å²) in [6, 6.07) is 7.75. The highest BCUT2D eigenvalue weighted by Crippen LogP contribution is 2.29. The Morgan fingerprint density at radius 2 is 1.69 bits per heavy atom. The van der Waals surface area contributed by atoms with Crippen LogP contribution in [0.5, 0.6) is 0 Å². The molecule has 1 aromatic rings. The lowest BCUT2D eigenvalue weighted by Gasteiger charge is -2.41. The van der Waals surface area contributed by atoms with Gasteiger partial charge in [-0.25, -0.2) is 0 Å². The second kappa shape index (κ2) is 3.79. The van der Waals surface area contributed by atoms with E-state index in [1.54, 1.807) is 0 Å². The highest BCUT2D eigenvalue weighted by atomic mass is 16.1. The summed E-state index contributed by atoms with van der Waals surface area (Å²) in [6.45, 7) is 0. The highest BCUT2D eigenvalue weighted by molar-refractivity contribution is 5.78. The van der Waals surface area contributed by atoms with Crippen LogP contribution in [-0.4, -0.2) is 44.1 Å². The number of benzene rings is 1. The van der Waals surface area contributed by atoms with Gasteiger partial charge < -0.3 is 19.9 Å². The lowest BCUT2D eigenvalue weighted by atomic mass is 10.1. The lowest BCUT2D eigenvalue weighted by molar-refractivity contribution is -0.891. The second-order valence-electron chi connectivity index (χ2n) is 5.06. The zero-order valence-electron chi connectivity index (χ0n) is 9.90. The van der Waals surface area contributed by atoms with E-state index in [2.05, 4.69) is 31.8 Å². The van der Waals surface area contributed by atoms with E-state index in [4.69, 9.17) is 0 Å². The van der Waals surface area contributed by atoms with Gasteiger partial charge in [0.2, 0.25) is 0 Å². The van der Waals surface area contributed by atoms with E-state index >= 15 is 0 Å². The number of nitrogens with zero attached hydrogens (tertiary/aromatic N) is 1. The van der Waals surface area contributed by atoms with Crippen molar-refractivity contribution in [1.29, 1.82) is 0 Å². The van der Waals surface area contributed by atoms with Crippen LogP contribution >= 0.6 is 0 Å². The molecule has 0 saturated carbocycles. The maximum atomic E-state index is 11.1. The first-order valence-electron chi connectivity index (χ1n) is 5.41. The van der Waals surface area contributed by atoms with Crippen molar-refractivity contribution in [2.24, 2.45) is 0 Å². The average molecular weight is 220 g/mol. The summed E-state index contributed by atoms with van der Waals surface area (Å²) in [4.78, 5) is 11.1. The fraction of sp³-hybridized carbons (Fsp3) is 0.417. The molecule has 1 heterocycles. The molecule has 4 nitrogen and oxygen atoms in total. The molecule has 2 atom stereocenters. The van der Waals surface area contributed by atoms with Crippen molar-refractivity contribution in [3.8, 4) is 0 Å². The van der Waals surface area contributed by atoms with Gasteiger partial charge in [0, 0.05) is 0 Å². The molecule has 2 rings (SSSR count). The number of hydrogen-bond donors (Lipinski definition) is 2. The molecule has 1 aliphatic rings. The van der Waals surface area contributed by atoms with Gasteiger partial charge in [-0.1, -0.05) is 12.1 Å². The van der Waals surface area contributed by atoms with Gasteiger partial charge in [-0.05, 0) is 12.1 Å². The number of fused-ring (bicyclic) bond motifs is 1. The molecular weight excluding hydrogens is 202 g/mol. The number of quaternary nitrogens is 1. The Hall–Kier alpha value is -1.55. The second-order valence-corrected chi connectivity index (χ2v) is 5.06. The minimum atomic E-state index is -0.199. The molecule has 0 saturated heterocycles. The molecule has 2 N–H and O–H groups in total. The predicted molar refractivity (Wildman–Crippen MR) is 65.4 cm³/mol. The number of anilines is 2. The largest absolute Gasteiger partial charge is 0.367 e. The smallest absolute Gasteiger partial charge is 0.189 e. The van der Waals surface area contributed by atoms with Crippen LogP contribution in [0.1, 0.15) is 0 Å². The normalized spacial score (nSPS) is 23.9. The van der Waals surface area contributed by atoms with Crippen LogP contribution in [0.3, 0.4) is 0 Å². The molecule has 0 bridgehead atoms.